The summed E-state index contributed by atoms with van der Waals surface area (Å²) in [6.45, 7) is 9.35. The summed E-state index contributed by atoms with van der Waals surface area (Å²) in [5, 5.41) is 10.7. The fourth-order valence-corrected chi connectivity index (χ4v) is 4.13. The van der Waals surface area contributed by atoms with Crippen LogP contribution in [-0.2, 0) is 18.9 Å². The summed E-state index contributed by atoms with van der Waals surface area (Å²) in [4.78, 5) is 13.0. The molecular weight excluding hydrogens is 384 g/mol. The number of rotatable bonds is 1. The van der Waals surface area contributed by atoms with Gasteiger partial charge in [0.15, 0.2) is 5.79 Å². The molecule has 3 rings (SSSR count). The van der Waals surface area contributed by atoms with Crippen LogP contribution in [0.3, 0.4) is 0 Å². The predicted molar refractivity (Wildman–Crippen MR) is 114 cm³/mol. The number of methoxy groups -OCH3 is 1. The highest BCUT2D eigenvalue weighted by Crippen LogP contribution is 2.33. The standard InChI is InChI=1S/C24H32O6/c1-14-12-15(2)21-17(13-14)8-7-9-20-22(30-24(4,5)29-20)18(25)10-11-19(27-6)16(3)28-23(21)26/h7-8,10-13,16,18-20,22,25H,9H2,1-6H3/b8-7+,11-10-/t16-,18?,19+,20-,22+/m0/s1. The minimum absolute atomic E-state index is 0.321. The Bertz CT molecular complexity index is 840. The first-order chi connectivity index (χ1) is 14.1. The Labute approximate surface area is 178 Å². The Balaban J connectivity index is 2.03. The van der Waals surface area contributed by atoms with Crippen molar-refractivity contribution in [2.24, 2.45) is 0 Å². The monoisotopic (exact) mass is 416 g/mol. The van der Waals surface area contributed by atoms with Gasteiger partial charge in [-0.3, -0.25) is 0 Å². The van der Waals surface area contributed by atoms with Crippen LogP contribution in [0.2, 0.25) is 0 Å². The van der Waals surface area contributed by atoms with Crippen molar-refractivity contribution in [1.82, 2.24) is 0 Å². The molecule has 0 aliphatic carbocycles. The molecule has 6 heteroatoms. The number of aliphatic hydroxyl groups excluding tert-OH is 1. The third kappa shape index (κ3) is 5.01. The number of fused-ring (bicyclic) bond motifs is 2. The quantitative estimate of drug-likeness (QED) is 0.556. The first-order valence-corrected chi connectivity index (χ1v) is 10.3. The van der Waals surface area contributed by atoms with E-state index in [1.54, 1.807) is 26.2 Å². The lowest BCUT2D eigenvalue weighted by atomic mass is 9.97. The molecule has 1 aromatic carbocycles. The molecule has 0 aromatic heterocycles. The van der Waals surface area contributed by atoms with Crippen LogP contribution in [0.5, 0.6) is 0 Å². The Morgan fingerprint density at radius 2 is 1.90 bits per heavy atom. The van der Waals surface area contributed by atoms with Crippen LogP contribution in [0.1, 0.15) is 54.2 Å². The summed E-state index contributed by atoms with van der Waals surface area (Å²) >= 11 is 0. The molecule has 0 saturated carbocycles. The second kappa shape index (κ2) is 9.02. The molecule has 164 valence electrons. The Morgan fingerprint density at radius 3 is 2.60 bits per heavy atom. The van der Waals surface area contributed by atoms with Crippen molar-refractivity contribution >= 4 is 12.0 Å². The fourth-order valence-electron chi connectivity index (χ4n) is 4.13. The van der Waals surface area contributed by atoms with E-state index in [2.05, 4.69) is 0 Å². The summed E-state index contributed by atoms with van der Waals surface area (Å²) in [7, 11) is 1.54. The SMILES string of the molecule is CO[C@@H]1/C=C\C(O)[C@H]2OC(C)(C)O[C@H]2C/C=C/c2cc(C)cc(C)c2C(=O)O[C@H]1C. The van der Waals surface area contributed by atoms with Crippen molar-refractivity contribution in [3.8, 4) is 0 Å². The van der Waals surface area contributed by atoms with Gasteiger partial charge in [0.1, 0.15) is 24.4 Å². The van der Waals surface area contributed by atoms with Crippen LogP contribution in [0.25, 0.3) is 6.08 Å². The van der Waals surface area contributed by atoms with Gasteiger partial charge < -0.3 is 24.1 Å². The highest BCUT2D eigenvalue weighted by atomic mass is 16.8. The first-order valence-electron chi connectivity index (χ1n) is 10.3. The zero-order valence-corrected chi connectivity index (χ0v) is 18.5. The van der Waals surface area contributed by atoms with Crippen molar-refractivity contribution in [3.05, 3.63) is 52.6 Å². The van der Waals surface area contributed by atoms with Gasteiger partial charge in [-0.25, -0.2) is 4.79 Å². The van der Waals surface area contributed by atoms with Crippen LogP contribution in [0.4, 0.5) is 0 Å². The van der Waals surface area contributed by atoms with E-state index >= 15 is 0 Å². The second-order valence-electron chi connectivity index (χ2n) is 8.51. The number of esters is 1. The van der Waals surface area contributed by atoms with Gasteiger partial charge in [0.2, 0.25) is 0 Å². The lowest BCUT2D eigenvalue weighted by Gasteiger charge is -2.23. The maximum Gasteiger partial charge on any atom is 0.339 e. The van der Waals surface area contributed by atoms with E-state index in [4.69, 9.17) is 18.9 Å². The lowest BCUT2D eigenvalue weighted by molar-refractivity contribution is -0.152. The fraction of sp³-hybridized carbons (Fsp3) is 0.542. The van der Waals surface area contributed by atoms with Crippen molar-refractivity contribution in [3.63, 3.8) is 0 Å². The predicted octanol–water partition coefficient (Wildman–Crippen LogP) is 3.72. The number of hydrogen-bond acceptors (Lipinski definition) is 6. The van der Waals surface area contributed by atoms with Crippen LogP contribution < -0.4 is 0 Å². The molecule has 2 heterocycles. The minimum atomic E-state index is -0.884. The molecule has 0 amide bonds. The van der Waals surface area contributed by atoms with Gasteiger partial charge >= 0.3 is 5.97 Å². The third-order valence-electron chi connectivity index (χ3n) is 5.46. The normalized spacial score (nSPS) is 33.7. The second-order valence-corrected chi connectivity index (χ2v) is 8.51. The van der Waals surface area contributed by atoms with E-state index in [-0.39, 0.29) is 6.10 Å². The summed E-state index contributed by atoms with van der Waals surface area (Å²) in [5.41, 5.74) is 3.26. The maximum absolute atomic E-state index is 13.0. The number of ether oxygens (including phenoxy) is 4. The molecule has 6 nitrogen and oxygen atoms in total. The van der Waals surface area contributed by atoms with E-state index in [1.807, 2.05) is 52.0 Å². The molecule has 5 atom stereocenters. The van der Waals surface area contributed by atoms with E-state index < -0.39 is 36.2 Å². The molecule has 0 radical (unpaired) electrons. The Hall–Kier alpha value is -1.99. The Kier molecular flexibility index (Phi) is 6.82. The summed E-state index contributed by atoms with van der Waals surface area (Å²) < 4.78 is 23.2. The number of hydrogen-bond donors (Lipinski definition) is 1. The van der Waals surface area contributed by atoms with E-state index in [0.29, 0.717) is 12.0 Å². The zero-order chi connectivity index (χ0) is 22.1. The van der Waals surface area contributed by atoms with E-state index in [1.165, 1.54) is 0 Å². The molecule has 2 aliphatic rings. The molecule has 2 aliphatic heterocycles. The molecule has 1 aromatic rings. The summed E-state index contributed by atoms with van der Waals surface area (Å²) in [5.74, 6) is -1.18. The van der Waals surface area contributed by atoms with Crippen LogP contribution in [0.15, 0.2) is 30.4 Å². The zero-order valence-electron chi connectivity index (χ0n) is 18.5. The van der Waals surface area contributed by atoms with Crippen molar-refractivity contribution in [1.29, 1.82) is 0 Å². The topological polar surface area (TPSA) is 74.2 Å². The highest BCUT2D eigenvalue weighted by Gasteiger charge is 2.43. The third-order valence-corrected chi connectivity index (χ3v) is 5.46. The smallest absolute Gasteiger partial charge is 0.339 e. The van der Waals surface area contributed by atoms with E-state index in [0.717, 1.165) is 16.7 Å². The molecule has 0 spiro atoms. The molecule has 1 N–H and O–H groups in total. The van der Waals surface area contributed by atoms with Gasteiger partial charge in [0.05, 0.1) is 11.7 Å². The van der Waals surface area contributed by atoms with Crippen LogP contribution in [-0.4, -0.2) is 54.5 Å². The number of carbonyl (C=O) groups excluding carboxylic acids is 1. The number of carbonyl (C=O) groups is 1. The average Bonchev–Trinajstić information content (AvgIpc) is 2.95. The maximum atomic E-state index is 13.0. The van der Waals surface area contributed by atoms with Gasteiger partial charge in [0.25, 0.3) is 0 Å². The molecule has 1 fully saturated rings. The number of aliphatic hydroxyl groups is 1. The average molecular weight is 417 g/mol. The number of aryl methyl sites for hydroxylation is 2. The first kappa shape index (κ1) is 22.7. The minimum Gasteiger partial charge on any atom is -0.456 e. The highest BCUT2D eigenvalue weighted by molar-refractivity contribution is 5.95. The lowest BCUT2D eigenvalue weighted by Crippen LogP contribution is -2.35. The van der Waals surface area contributed by atoms with Crippen LogP contribution >= 0.6 is 0 Å². The van der Waals surface area contributed by atoms with Gasteiger partial charge in [-0.1, -0.05) is 42.0 Å². The van der Waals surface area contributed by atoms with Gasteiger partial charge in [-0.15, -0.1) is 0 Å². The van der Waals surface area contributed by atoms with Gasteiger partial charge in [-0.2, -0.15) is 0 Å². The Morgan fingerprint density at radius 1 is 1.17 bits per heavy atom. The van der Waals surface area contributed by atoms with Crippen LogP contribution in [0, 0.1) is 13.8 Å². The van der Waals surface area contributed by atoms with Gasteiger partial charge in [-0.05, 0) is 52.2 Å². The molecule has 1 saturated heterocycles. The number of cyclic esters (lactones) is 1. The molecule has 1 unspecified atom stereocenters. The van der Waals surface area contributed by atoms with Crippen molar-refractivity contribution in [2.75, 3.05) is 7.11 Å². The van der Waals surface area contributed by atoms with E-state index in [9.17, 15) is 9.90 Å². The summed E-state index contributed by atoms with van der Waals surface area (Å²) in [6, 6.07) is 3.94. The molecule has 30 heavy (non-hydrogen) atoms. The van der Waals surface area contributed by atoms with Crippen molar-refractivity contribution in [2.45, 2.75) is 77.3 Å². The largest absolute Gasteiger partial charge is 0.456 e. The molecule has 0 bridgehead atoms. The van der Waals surface area contributed by atoms with Gasteiger partial charge in [0, 0.05) is 7.11 Å². The summed E-state index contributed by atoms with van der Waals surface area (Å²) in [6.07, 6.45) is 4.96. The van der Waals surface area contributed by atoms with Crippen molar-refractivity contribution < 1.29 is 28.8 Å². The molecular formula is C24H32O6. The number of benzene rings is 1.